The summed E-state index contributed by atoms with van der Waals surface area (Å²) in [6.07, 6.45) is 0. The van der Waals surface area contributed by atoms with E-state index in [1.54, 1.807) is 19.2 Å². The molecule has 31 heavy (non-hydrogen) atoms. The van der Waals surface area contributed by atoms with Gasteiger partial charge in [-0.3, -0.25) is 0 Å². The zero-order valence-corrected chi connectivity index (χ0v) is 18.4. The molecule has 0 atom stereocenters. The van der Waals surface area contributed by atoms with E-state index in [-0.39, 0.29) is 16.8 Å². The van der Waals surface area contributed by atoms with Crippen molar-refractivity contribution < 1.29 is 23.5 Å². The van der Waals surface area contributed by atoms with Gasteiger partial charge < -0.3 is 14.3 Å². The van der Waals surface area contributed by atoms with Crippen LogP contribution in [0.2, 0.25) is 0 Å². The smallest absolute Gasteiger partial charge is 0.343 e. The number of hydrogen-bond donors (Lipinski definition) is 0. The average Bonchev–Trinajstić information content (AvgIpc) is 2.74. The first-order chi connectivity index (χ1) is 14.6. The molecule has 0 fully saturated rings. The number of benzene rings is 3. The number of hydrogen-bond acceptors (Lipinski definition) is 4. The second kappa shape index (κ2) is 10.5. The Labute approximate surface area is 182 Å². The van der Waals surface area contributed by atoms with Crippen LogP contribution in [0.1, 0.15) is 49.2 Å². The summed E-state index contributed by atoms with van der Waals surface area (Å²) in [6, 6.07) is 20.7. The maximum absolute atomic E-state index is 13.2. The number of esters is 1. The topological polar surface area (TPSA) is 52.6 Å². The summed E-state index contributed by atoms with van der Waals surface area (Å²) in [5.41, 5.74) is 2.18. The standard InChI is InChI=1S/C23H21FO3.C3H6O/c1-23(2,17-7-11-20(26-3)12-8-17)18-9-13-21(14-10-18)27-22(25)16-5-4-6-19(24)15-16;1-3(2)4/h4-15H,1-3H3;1-2H3. The lowest BCUT2D eigenvalue weighted by molar-refractivity contribution is -0.115. The van der Waals surface area contributed by atoms with Crippen LogP contribution in [0.15, 0.2) is 72.8 Å². The summed E-state index contributed by atoms with van der Waals surface area (Å²) >= 11 is 0. The lowest BCUT2D eigenvalue weighted by Gasteiger charge is -2.26. The predicted molar refractivity (Wildman–Crippen MR) is 119 cm³/mol. The third-order valence-electron chi connectivity index (χ3n) is 4.66. The Morgan fingerprint density at radius 2 is 1.29 bits per heavy atom. The Bertz CT molecular complexity index is 1020. The minimum Gasteiger partial charge on any atom is -0.497 e. The lowest BCUT2D eigenvalue weighted by atomic mass is 9.78. The van der Waals surface area contributed by atoms with Crippen LogP contribution in [0.5, 0.6) is 11.5 Å². The molecule has 0 saturated carbocycles. The zero-order chi connectivity index (χ0) is 23.0. The van der Waals surface area contributed by atoms with Gasteiger partial charge in [0.25, 0.3) is 0 Å². The van der Waals surface area contributed by atoms with Crippen LogP contribution in [0, 0.1) is 5.82 Å². The minimum absolute atomic E-state index is 0.167. The van der Waals surface area contributed by atoms with Gasteiger partial charge in [0.2, 0.25) is 0 Å². The number of methoxy groups -OCH3 is 1. The van der Waals surface area contributed by atoms with Gasteiger partial charge in [-0.2, -0.15) is 0 Å². The van der Waals surface area contributed by atoms with Gasteiger partial charge in [0.05, 0.1) is 12.7 Å². The van der Waals surface area contributed by atoms with Crippen LogP contribution in [-0.4, -0.2) is 18.9 Å². The van der Waals surface area contributed by atoms with Crippen molar-refractivity contribution in [1.29, 1.82) is 0 Å². The highest BCUT2D eigenvalue weighted by Gasteiger charge is 2.23. The number of halogens is 1. The SMILES string of the molecule is CC(C)=O.COc1ccc(C(C)(C)c2ccc(OC(=O)c3cccc(F)c3)cc2)cc1. The van der Waals surface area contributed by atoms with Gasteiger partial charge in [0.1, 0.15) is 23.1 Å². The van der Waals surface area contributed by atoms with Crippen LogP contribution in [0.3, 0.4) is 0 Å². The molecule has 0 saturated heterocycles. The zero-order valence-electron chi connectivity index (χ0n) is 18.4. The fraction of sp³-hybridized carbons (Fsp3) is 0.231. The third-order valence-corrected chi connectivity index (χ3v) is 4.66. The van der Waals surface area contributed by atoms with Crippen molar-refractivity contribution >= 4 is 11.8 Å². The highest BCUT2D eigenvalue weighted by atomic mass is 19.1. The first kappa shape index (κ1) is 23.8. The molecule has 0 aliphatic carbocycles. The maximum atomic E-state index is 13.2. The van der Waals surface area contributed by atoms with Gasteiger partial charge in [-0.05, 0) is 67.4 Å². The molecule has 0 aliphatic rings. The Balaban J connectivity index is 0.000000785. The molecule has 0 heterocycles. The van der Waals surface area contributed by atoms with Gasteiger partial charge >= 0.3 is 5.97 Å². The van der Waals surface area contributed by atoms with E-state index in [1.165, 1.54) is 32.0 Å². The Hall–Kier alpha value is -3.47. The van der Waals surface area contributed by atoms with Gasteiger partial charge in [-0.1, -0.05) is 44.2 Å². The molecule has 3 aromatic rings. The van der Waals surface area contributed by atoms with Gasteiger partial charge in [-0.25, -0.2) is 9.18 Å². The van der Waals surface area contributed by atoms with Crippen molar-refractivity contribution in [2.24, 2.45) is 0 Å². The molecule has 4 nitrogen and oxygen atoms in total. The van der Waals surface area contributed by atoms with Crippen LogP contribution >= 0.6 is 0 Å². The molecule has 0 spiro atoms. The first-order valence-electron chi connectivity index (χ1n) is 9.83. The Morgan fingerprint density at radius 3 is 1.74 bits per heavy atom. The molecule has 0 radical (unpaired) electrons. The van der Waals surface area contributed by atoms with Crippen molar-refractivity contribution in [2.75, 3.05) is 7.11 Å². The quantitative estimate of drug-likeness (QED) is 0.375. The summed E-state index contributed by atoms with van der Waals surface area (Å²) in [5.74, 6) is 0.338. The van der Waals surface area contributed by atoms with Gasteiger partial charge in [0.15, 0.2) is 0 Å². The summed E-state index contributed by atoms with van der Waals surface area (Å²) in [5, 5.41) is 0. The molecule has 0 unspecified atom stereocenters. The second-order valence-corrected chi connectivity index (χ2v) is 7.69. The number of carbonyl (C=O) groups excluding carboxylic acids is 2. The minimum atomic E-state index is -0.586. The molecule has 0 bridgehead atoms. The van der Waals surface area contributed by atoms with Gasteiger partial charge in [-0.15, -0.1) is 0 Å². The molecule has 0 aromatic heterocycles. The normalized spacial score (nSPS) is 10.5. The van der Waals surface area contributed by atoms with E-state index in [2.05, 4.69) is 13.8 Å². The maximum Gasteiger partial charge on any atom is 0.343 e. The van der Waals surface area contributed by atoms with E-state index in [0.717, 1.165) is 22.9 Å². The molecule has 162 valence electrons. The molecule has 0 N–H and O–H groups in total. The van der Waals surface area contributed by atoms with Crippen molar-refractivity contribution in [3.63, 3.8) is 0 Å². The summed E-state index contributed by atoms with van der Waals surface area (Å²) in [6.45, 7) is 7.31. The van der Waals surface area contributed by atoms with Crippen molar-refractivity contribution in [3.8, 4) is 11.5 Å². The van der Waals surface area contributed by atoms with E-state index in [0.29, 0.717) is 5.75 Å². The van der Waals surface area contributed by atoms with Gasteiger partial charge in [0, 0.05) is 5.41 Å². The van der Waals surface area contributed by atoms with Crippen molar-refractivity contribution in [1.82, 2.24) is 0 Å². The van der Waals surface area contributed by atoms with Crippen LogP contribution in [0.4, 0.5) is 4.39 Å². The monoisotopic (exact) mass is 422 g/mol. The molecular weight excluding hydrogens is 395 g/mol. The van der Waals surface area contributed by atoms with E-state index in [4.69, 9.17) is 9.47 Å². The molecular formula is C26H27FO4. The molecule has 3 aromatic carbocycles. The summed E-state index contributed by atoms with van der Waals surface area (Å²) in [4.78, 5) is 21.6. The number of Topliss-reactive ketones (excluding diaryl/α,β-unsaturated/α-hetero) is 1. The summed E-state index contributed by atoms with van der Waals surface area (Å²) in [7, 11) is 1.64. The van der Waals surface area contributed by atoms with E-state index in [1.807, 2.05) is 36.4 Å². The van der Waals surface area contributed by atoms with E-state index >= 15 is 0 Å². The fourth-order valence-corrected chi connectivity index (χ4v) is 2.90. The molecule has 3 rings (SSSR count). The number of carbonyl (C=O) groups is 2. The first-order valence-corrected chi connectivity index (χ1v) is 9.83. The Kier molecular flexibility index (Phi) is 8.08. The van der Waals surface area contributed by atoms with Crippen molar-refractivity contribution in [2.45, 2.75) is 33.1 Å². The lowest BCUT2D eigenvalue weighted by Crippen LogP contribution is -2.18. The van der Waals surface area contributed by atoms with Crippen LogP contribution in [-0.2, 0) is 10.2 Å². The molecule has 0 amide bonds. The largest absolute Gasteiger partial charge is 0.497 e. The van der Waals surface area contributed by atoms with Crippen LogP contribution < -0.4 is 9.47 Å². The average molecular weight is 422 g/mol. The molecule has 5 heteroatoms. The molecule has 0 aliphatic heterocycles. The summed E-state index contributed by atoms with van der Waals surface area (Å²) < 4.78 is 23.8. The number of ether oxygens (including phenoxy) is 2. The highest BCUT2D eigenvalue weighted by Crippen LogP contribution is 2.33. The highest BCUT2D eigenvalue weighted by molar-refractivity contribution is 5.91. The fourth-order valence-electron chi connectivity index (χ4n) is 2.90. The number of ketones is 1. The van der Waals surface area contributed by atoms with Crippen LogP contribution in [0.25, 0.3) is 0 Å². The van der Waals surface area contributed by atoms with E-state index < -0.39 is 11.8 Å². The Morgan fingerprint density at radius 1 is 0.806 bits per heavy atom. The predicted octanol–water partition coefficient (Wildman–Crippen LogP) is 5.97. The number of rotatable bonds is 5. The van der Waals surface area contributed by atoms with E-state index in [9.17, 15) is 14.0 Å². The third kappa shape index (κ3) is 6.78. The van der Waals surface area contributed by atoms with Crippen molar-refractivity contribution in [3.05, 3.63) is 95.3 Å². The second-order valence-electron chi connectivity index (χ2n) is 7.69.